The maximum absolute atomic E-state index is 9.93. The zero-order valence-electron chi connectivity index (χ0n) is 9.47. The number of aliphatic hydroxyl groups excluding tert-OH is 2. The van der Waals surface area contributed by atoms with Gasteiger partial charge in [0, 0.05) is 6.42 Å². The van der Waals surface area contributed by atoms with Gasteiger partial charge in [-0.3, -0.25) is 4.57 Å². The van der Waals surface area contributed by atoms with Crippen molar-refractivity contribution in [1.29, 1.82) is 0 Å². The van der Waals surface area contributed by atoms with E-state index in [0.717, 1.165) is 0 Å². The number of aliphatic hydroxyl groups is 2. The van der Waals surface area contributed by atoms with Gasteiger partial charge in [-0.2, -0.15) is 0 Å². The number of nitrogens with two attached hydrogens (primary N) is 1. The normalized spacial score (nSPS) is 28.0. The molecule has 1 aliphatic heterocycles. The zero-order chi connectivity index (χ0) is 12.7. The number of hydrogen-bond donors (Lipinski definition) is 3. The first-order valence-electron chi connectivity index (χ1n) is 5.58. The molecular weight excluding hydrogens is 238 g/mol. The third-order valence-corrected chi connectivity index (χ3v) is 3.03. The first-order chi connectivity index (χ1) is 8.70. The fourth-order valence-corrected chi connectivity index (χ4v) is 2.15. The number of nitrogens with zero attached hydrogens (tertiary/aromatic N) is 4. The van der Waals surface area contributed by atoms with Crippen LogP contribution in [0, 0.1) is 0 Å². The Morgan fingerprint density at radius 1 is 1.44 bits per heavy atom. The molecule has 0 amide bonds. The molecule has 0 bridgehead atoms. The molecule has 3 rings (SSSR count). The molecule has 0 aliphatic carbocycles. The second kappa shape index (κ2) is 4.16. The number of ether oxygens (including phenoxy) is 1. The number of aromatic nitrogens is 4. The lowest BCUT2D eigenvalue weighted by Gasteiger charge is -2.16. The Labute approximate surface area is 102 Å². The van der Waals surface area contributed by atoms with Gasteiger partial charge in [0.1, 0.15) is 17.9 Å². The predicted octanol–water partition coefficient (Wildman–Crippen LogP) is -0.951. The molecule has 18 heavy (non-hydrogen) atoms. The van der Waals surface area contributed by atoms with Crippen molar-refractivity contribution in [2.75, 3.05) is 12.3 Å². The van der Waals surface area contributed by atoms with Gasteiger partial charge in [0.05, 0.1) is 19.0 Å². The summed E-state index contributed by atoms with van der Waals surface area (Å²) >= 11 is 0. The highest BCUT2D eigenvalue weighted by atomic mass is 16.5. The predicted molar refractivity (Wildman–Crippen MR) is 61.4 cm³/mol. The topological polar surface area (TPSA) is 119 Å². The molecule has 3 heterocycles. The Hall–Kier alpha value is -1.77. The summed E-state index contributed by atoms with van der Waals surface area (Å²) in [6.45, 7) is -0.128. The molecule has 1 saturated heterocycles. The van der Waals surface area contributed by atoms with Crippen LogP contribution in [0.25, 0.3) is 11.2 Å². The lowest BCUT2D eigenvalue weighted by molar-refractivity contribution is -0.0486. The second-order valence-electron chi connectivity index (χ2n) is 4.22. The Kier molecular flexibility index (Phi) is 2.62. The van der Waals surface area contributed by atoms with Crippen LogP contribution in [0.2, 0.25) is 0 Å². The standard InChI is InChI=1S/C10H13N5O3/c11-8-7-9(13-3-12-8)15(4-14-7)10-6(17)1-5(2-16)18-10/h3-6,10,16-17H,1-2H2,(H2,11,12,13)/t5?,6-,10?/m0/s1. The van der Waals surface area contributed by atoms with E-state index in [4.69, 9.17) is 15.6 Å². The molecule has 2 unspecified atom stereocenters. The quantitative estimate of drug-likeness (QED) is 0.629. The molecule has 4 N–H and O–H groups in total. The summed E-state index contributed by atoms with van der Waals surface area (Å²) in [7, 11) is 0. The molecule has 0 spiro atoms. The van der Waals surface area contributed by atoms with E-state index in [1.807, 2.05) is 0 Å². The molecule has 0 saturated carbocycles. The molecule has 8 heteroatoms. The minimum absolute atomic E-state index is 0.128. The van der Waals surface area contributed by atoms with Gasteiger partial charge in [0.25, 0.3) is 0 Å². The number of fused-ring (bicyclic) bond motifs is 1. The molecular formula is C10H13N5O3. The first kappa shape index (κ1) is 11.3. The van der Waals surface area contributed by atoms with Crippen molar-refractivity contribution in [3.05, 3.63) is 12.7 Å². The number of nitrogen functional groups attached to an aromatic ring is 1. The van der Waals surface area contributed by atoms with E-state index >= 15 is 0 Å². The van der Waals surface area contributed by atoms with Crippen LogP contribution in [-0.2, 0) is 4.74 Å². The smallest absolute Gasteiger partial charge is 0.167 e. The van der Waals surface area contributed by atoms with E-state index in [1.165, 1.54) is 12.7 Å². The third kappa shape index (κ3) is 1.62. The summed E-state index contributed by atoms with van der Waals surface area (Å²) in [6, 6.07) is 0. The van der Waals surface area contributed by atoms with E-state index < -0.39 is 12.3 Å². The van der Waals surface area contributed by atoms with E-state index in [2.05, 4.69) is 15.0 Å². The van der Waals surface area contributed by atoms with Crippen molar-refractivity contribution in [2.45, 2.75) is 24.9 Å². The minimum Gasteiger partial charge on any atom is -0.394 e. The van der Waals surface area contributed by atoms with Gasteiger partial charge in [-0.1, -0.05) is 0 Å². The molecule has 96 valence electrons. The maximum Gasteiger partial charge on any atom is 0.167 e. The number of hydrogen-bond acceptors (Lipinski definition) is 7. The summed E-state index contributed by atoms with van der Waals surface area (Å²) in [4.78, 5) is 12.0. The van der Waals surface area contributed by atoms with Crippen molar-refractivity contribution >= 4 is 17.0 Å². The van der Waals surface area contributed by atoms with Crippen LogP contribution in [-0.4, -0.2) is 48.5 Å². The first-order valence-corrected chi connectivity index (χ1v) is 5.58. The number of imidazole rings is 1. The van der Waals surface area contributed by atoms with Gasteiger partial charge in [0.2, 0.25) is 0 Å². The highest BCUT2D eigenvalue weighted by molar-refractivity contribution is 5.81. The van der Waals surface area contributed by atoms with Crippen molar-refractivity contribution < 1.29 is 14.9 Å². The van der Waals surface area contributed by atoms with Gasteiger partial charge in [-0.15, -0.1) is 0 Å². The lowest BCUT2D eigenvalue weighted by atomic mass is 10.2. The fourth-order valence-electron chi connectivity index (χ4n) is 2.15. The Morgan fingerprint density at radius 2 is 2.28 bits per heavy atom. The van der Waals surface area contributed by atoms with Crippen LogP contribution in [0.4, 0.5) is 5.82 Å². The average Bonchev–Trinajstić information content (AvgIpc) is 2.93. The van der Waals surface area contributed by atoms with Gasteiger partial charge < -0.3 is 20.7 Å². The highest BCUT2D eigenvalue weighted by Gasteiger charge is 2.35. The van der Waals surface area contributed by atoms with E-state index in [0.29, 0.717) is 17.6 Å². The zero-order valence-corrected chi connectivity index (χ0v) is 9.47. The van der Waals surface area contributed by atoms with Gasteiger partial charge in [-0.05, 0) is 0 Å². The van der Waals surface area contributed by atoms with Crippen molar-refractivity contribution in [1.82, 2.24) is 19.5 Å². The largest absolute Gasteiger partial charge is 0.394 e. The van der Waals surface area contributed by atoms with Crippen molar-refractivity contribution in [3.63, 3.8) is 0 Å². The molecule has 0 radical (unpaired) electrons. The fraction of sp³-hybridized carbons (Fsp3) is 0.500. The van der Waals surface area contributed by atoms with Crippen LogP contribution in [0.15, 0.2) is 12.7 Å². The molecule has 1 fully saturated rings. The molecule has 8 nitrogen and oxygen atoms in total. The monoisotopic (exact) mass is 251 g/mol. The highest BCUT2D eigenvalue weighted by Crippen LogP contribution is 2.31. The van der Waals surface area contributed by atoms with Crippen molar-refractivity contribution in [2.24, 2.45) is 0 Å². The van der Waals surface area contributed by atoms with Crippen molar-refractivity contribution in [3.8, 4) is 0 Å². The van der Waals surface area contributed by atoms with E-state index in [9.17, 15) is 5.11 Å². The van der Waals surface area contributed by atoms with Crippen LogP contribution < -0.4 is 5.73 Å². The molecule has 1 aliphatic rings. The van der Waals surface area contributed by atoms with Crippen LogP contribution in [0.3, 0.4) is 0 Å². The van der Waals surface area contributed by atoms with Gasteiger partial charge >= 0.3 is 0 Å². The van der Waals surface area contributed by atoms with Crippen LogP contribution in [0.1, 0.15) is 12.6 Å². The number of rotatable bonds is 2. The average molecular weight is 251 g/mol. The number of anilines is 1. The van der Waals surface area contributed by atoms with Gasteiger partial charge in [-0.25, -0.2) is 15.0 Å². The summed E-state index contributed by atoms with van der Waals surface area (Å²) in [5.74, 6) is 0.282. The molecule has 0 aromatic carbocycles. The summed E-state index contributed by atoms with van der Waals surface area (Å²) < 4.78 is 7.14. The molecule has 3 atom stereocenters. The minimum atomic E-state index is -0.712. The Balaban J connectivity index is 2.02. The SMILES string of the molecule is Nc1ncnc2c1ncn2C1OC(CO)C[C@@H]1O. The summed E-state index contributed by atoms with van der Waals surface area (Å²) in [5, 5.41) is 19.0. The van der Waals surface area contributed by atoms with Crippen LogP contribution >= 0.6 is 0 Å². The summed E-state index contributed by atoms with van der Waals surface area (Å²) in [5.41, 5.74) is 6.66. The second-order valence-corrected chi connectivity index (χ2v) is 4.22. The lowest BCUT2D eigenvalue weighted by Crippen LogP contribution is -2.19. The van der Waals surface area contributed by atoms with E-state index in [-0.39, 0.29) is 18.5 Å². The molecule has 2 aromatic rings. The Bertz CT molecular complexity index is 572. The molecule has 2 aromatic heterocycles. The third-order valence-electron chi connectivity index (χ3n) is 3.03. The van der Waals surface area contributed by atoms with E-state index in [1.54, 1.807) is 4.57 Å². The Morgan fingerprint density at radius 3 is 3.00 bits per heavy atom. The van der Waals surface area contributed by atoms with Gasteiger partial charge in [0.15, 0.2) is 17.7 Å². The maximum atomic E-state index is 9.93. The summed E-state index contributed by atoms with van der Waals surface area (Å²) in [6.07, 6.45) is 1.52. The van der Waals surface area contributed by atoms with Crippen LogP contribution in [0.5, 0.6) is 0 Å².